The summed E-state index contributed by atoms with van der Waals surface area (Å²) < 4.78 is 5.78. The molecule has 0 radical (unpaired) electrons. The van der Waals surface area contributed by atoms with Gasteiger partial charge in [-0.05, 0) is 23.4 Å². The summed E-state index contributed by atoms with van der Waals surface area (Å²) in [5, 5.41) is 5.11. The number of nitrogens with one attached hydrogen (secondary N) is 1. The highest BCUT2D eigenvalue weighted by Crippen LogP contribution is 2.24. The van der Waals surface area contributed by atoms with E-state index in [1.807, 2.05) is 67.6 Å². The Balaban J connectivity index is 1.50. The van der Waals surface area contributed by atoms with Gasteiger partial charge in [0.15, 0.2) is 0 Å². The summed E-state index contributed by atoms with van der Waals surface area (Å²) in [6.07, 6.45) is 0.757. The van der Waals surface area contributed by atoms with E-state index in [2.05, 4.69) is 29.3 Å². The second-order valence-corrected chi connectivity index (χ2v) is 6.21. The number of hydrogen-bond donors (Lipinski definition) is 1. The van der Waals surface area contributed by atoms with E-state index in [9.17, 15) is 4.79 Å². The number of benzene rings is 3. The van der Waals surface area contributed by atoms with Gasteiger partial charge in [0.25, 0.3) is 0 Å². The van der Waals surface area contributed by atoms with Crippen LogP contribution in [0.4, 0.5) is 0 Å². The normalized spacial score (nSPS) is 11.3. The van der Waals surface area contributed by atoms with Crippen molar-refractivity contribution in [3.8, 4) is 17.6 Å². The van der Waals surface area contributed by atoms with E-state index in [4.69, 9.17) is 4.74 Å². The van der Waals surface area contributed by atoms with Crippen LogP contribution >= 0.6 is 0 Å². The standard InChI is InChI=1S/C24H23NO2/c1-2-21(19-11-4-3-5-12-19)24(26)25-17-8-9-18-27-23-16-10-14-20-13-6-7-15-22(20)23/h3-7,10-16,21H,2,17-18H2,1H3,(H,25,26). The highest BCUT2D eigenvalue weighted by molar-refractivity contribution is 5.88. The van der Waals surface area contributed by atoms with E-state index in [1.165, 1.54) is 0 Å². The minimum absolute atomic E-state index is 0.00738. The molecule has 3 rings (SSSR count). The summed E-state index contributed by atoms with van der Waals surface area (Å²) in [5.41, 5.74) is 1.03. The highest BCUT2D eigenvalue weighted by atomic mass is 16.5. The molecular formula is C24H23NO2. The van der Waals surface area contributed by atoms with Crippen LogP contribution in [0.5, 0.6) is 5.75 Å². The monoisotopic (exact) mass is 357 g/mol. The van der Waals surface area contributed by atoms with Crippen molar-refractivity contribution >= 4 is 16.7 Å². The average Bonchev–Trinajstić information content (AvgIpc) is 2.72. The molecule has 0 heterocycles. The van der Waals surface area contributed by atoms with Gasteiger partial charge in [-0.3, -0.25) is 4.79 Å². The van der Waals surface area contributed by atoms with E-state index in [0.29, 0.717) is 13.2 Å². The van der Waals surface area contributed by atoms with Crippen LogP contribution in [0.25, 0.3) is 10.8 Å². The zero-order valence-corrected chi connectivity index (χ0v) is 15.4. The molecule has 0 bridgehead atoms. The Bertz CT molecular complexity index is 949. The molecule has 0 aliphatic rings. The molecule has 0 aliphatic carbocycles. The van der Waals surface area contributed by atoms with Gasteiger partial charge in [0.1, 0.15) is 12.4 Å². The zero-order chi connectivity index (χ0) is 18.9. The van der Waals surface area contributed by atoms with Crippen LogP contribution in [0.3, 0.4) is 0 Å². The largest absolute Gasteiger partial charge is 0.480 e. The van der Waals surface area contributed by atoms with Crippen LogP contribution in [0.15, 0.2) is 72.8 Å². The van der Waals surface area contributed by atoms with Crippen molar-refractivity contribution in [2.45, 2.75) is 19.3 Å². The maximum Gasteiger partial charge on any atom is 0.228 e. The lowest BCUT2D eigenvalue weighted by atomic mass is 9.96. The molecule has 1 atom stereocenters. The Hall–Kier alpha value is -3.25. The van der Waals surface area contributed by atoms with E-state index < -0.39 is 0 Å². The fourth-order valence-electron chi connectivity index (χ4n) is 3.06. The van der Waals surface area contributed by atoms with Gasteiger partial charge in [0.05, 0.1) is 12.5 Å². The van der Waals surface area contributed by atoms with Crippen molar-refractivity contribution in [2.24, 2.45) is 0 Å². The van der Waals surface area contributed by atoms with Crippen LogP contribution in [-0.2, 0) is 4.79 Å². The van der Waals surface area contributed by atoms with E-state index >= 15 is 0 Å². The first-order valence-electron chi connectivity index (χ1n) is 9.18. The van der Waals surface area contributed by atoms with Crippen molar-refractivity contribution in [3.05, 3.63) is 78.4 Å². The van der Waals surface area contributed by atoms with Crippen LogP contribution < -0.4 is 10.1 Å². The molecule has 136 valence electrons. The fourth-order valence-corrected chi connectivity index (χ4v) is 3.06. The van der Waals surface area contributed by atoms with Gasteiger partial charge in [0.2, 0.25) is 5.91 Å². The summed E-state index contributed by atoms with van der Waals surface area (Å²) in [7, 11) is 0. The molecule has 1 N–H and O–H groups in total. The quantitative estimate of drug-likeness (QED) is 0.658. The van der Waals surface area contributed by atoms with Crippen LogP contribution in [0.2, 0.25) is 0 Å². The van der Waals surface area contributed by atoms with Gasteiger partial charge in [0, 0.05) is 5.39 Å². The van der Waals surface area contributed by atoms with Crippen LogP contribution in [0.1, 0.15) is 24.8 Å². The topological polar surface area (TPSA) is 38.3 Å². The van der Waals surface area contributed by atoms with E-state index in [-0.39, 0.29) is 11.8 Å². The molecule has 27 heavy (non-hydrogen) atoms. The number of hydrogen-bond acceptors (Lipinski definition) is 2. The summed E-state index contributed by atoms with van der Waals surface area (Å²) in [6, 6.07) is 23.9. The molecule has 0 aliphatic heterocycles. The maximum atomic E-state index is 12.4. The van der Waals surface area contributed by atoms with Gasteiger partial charge >= 0.3 is 0 Å². The van der Waals surface area contributed by atoms with Crippen molar-refractivity contribution in [1.29, 1.82) is 0 Å². The van der Waals surface area contributed by atoms with Crippen molar-refractivity contribution in [3.63, 3.8) is 0 Å². The smallest absolute Gasteiger partial charge is 0.228 e. The van der Waals surface area contributed by atoms with E-state index in [0.717, 1.165) is 28.5 Å². The number of fused-ring (bicyclic) bond motifs is 1. The summed E-state index contributed by atoms with van der Waals surface area (Å²) in [6.45, 7) is 2.63. The number of ether oxygens (including phenoxy) is 1. The first-order chi connectivity index (χ1) is 13.3. The number of rotatable bonds is 6. The average molecular weight is 357 g/mol. The molecular weight excluding hydrogens is 334 g/mol. The fraction of sp³-hybridized carbons (Fsp3) is 0.208. The van der Waals surface area contributed by atoms with Gasteiger partial charge < -0.3 is 10.1 Å². The Morgan fingerprint density at radius 1 is 0.963 bits per heavy atom. The lowest BCUT2D eigenvalue weighted by Gasteiger charge is -2.14. The lowest BCUT2D eigenvalue weighted by molar-refractivity contribution is -0.122. The summed E-state index contributed by atoms with van der Waals surface area (Å²) in [4.78, 5) is 12.4. The predicted molar refractivity (Wildman–Crippen MR) is 110 cm³/mol. The molecule has 3 heteroatoms. The highest BCUT2D eigenvalue weighted by Gasteiger charge is 2.17. The minimum Gasteiger partial charge on any atom is -0.480 e. The molecule has 1 amide bonds. The van der Waals surface area contributed by atoms with Crippen LogP contribution in [-0.4, -0.2) is 19.1 Å². The van der Waals surface area contributed by atoms with Gasteiger partial charge in [-0.25, -0.2) is 0 Å². The molecule has 0 saturated carbocycles. The third-order valence-corrected chi connectivity index (χ3v) is 4.45. The Kier molecular flexibility index (Phi) is 6.49. The van der Waals surface area contributed by atoms with Crippen molar-refractivity contribution < 1.29 is 9.53 Å². The van der Waals surface area contributed by atoms with Gasteiger partial charge in [-0.1, -0.05) is 85.5 Å². The summed E-state index contributed by atoms with van der Waals surface area (Å²) >= 11 is 0. The Morgan fingerprint density at radius 2 is 1.70 bits per heavy atom. The lowest BCUT2D eigenvalue weighted by Crippen LogP contribution is -2.29. The number of carbonyl (C=O) groups excluding carboxylic acids is 1. The maximum absolute atomic E-state index is 12.4. The van der Waals surface area contributed by atoms with Gasteiger partial charge in [-0.2, -0.15) is 0 Å². The molecule has 0 aromatic heterocycles. The molecule has 0 spiro atoms. The third kappa shape index (κ3) is 4.89. The number of amides is 1. The molecule has 1 unspecified atom stereocenters. The molecule has 3 aromatic rings. The molecule has 3 nitrogen and oxygen atoms in total. The minimum atomic E-state index is -0.139. The van der Waals surface area contributed by atoms with Crippen molar-refractivity contribution in [2.75, 3.05) is 13.2 Å². The second-order valence-electron chi connectivity index (χ2n) is 6.21. The van der Waals surface area contributed by atoms with E-state index in [1.54, 1.807) is 0 Å². The van der Waals surface area contributed by atoms with Crippen LogP contribution in [0, 0.1) is 11.8 Å². The predicted octanol–water partition coefficient (Wildman–Crippen LogP) is 4.53. The zero-order valence-electron chi connectivity index (χ0n) is 15.4. The molecule has 0 fully saturated rings. The first kappa shape index (κ1) is 18.5. The summed E-state index contributed by atoms with van der Waals surface area (Å²) in [5.74, 6) is 6.61. The first-order valence-corrected chi connectivity index (χ1v) is 9.18. The Morgan fingerprint density at radius 3 is 2.52 bits per heavy atom. The second kappa shape index (κ2) is 9.45. The number of carbonyl (C=O) groups is 1. The van der Waals surface area contributed by atoms with Crippen molar-refractivity contribution in [1.82, 2.24) is 5.32 Å². The third-order valence-electron chi connectivity index (χ3n) is 4.45. The SMILES string of the molecule is CCC(C(=O)NCC#CCOc1cccc2ccccc12)c1ccccc1. The van der Waals surface area contributed by atoms with Gasteiger partial charge in [-0.15, -0.1) is 0 Å². The molecule has 0 saturated heterocycles. The molecule has 3 aromatic carbocycles. The Labute approximate surface area is 160 Å².